The number of hydrogen-bond acceptors (Lipinski definition) is 4. The van der Waals surface area contributed by atoms with Gasteiger partial charge in [-0.3, -0.25) is 0 Å². The molecule has 0 saturated carbocycles. The number of ether oxygens (including phenoxy) is 1. The monoisotopic (exact) mass is 430 g/mol. The summed E-state index contributed by atoms with van der Waals surface area (Å²) in [5.41, 5.74) is 3.82. The number of anilines is 1. The molecule has 2 aromatic rings. The number of benzene rings is 2. The van der Waals surface area contributed by atoms with Gasteiger partial charge in [-0.25, -0.2) is 9.59 Å². The van der Waals surface area contributed by atoms with Crippen molar-refractivity contribution in [1.29, 1.82) is 0 Å². The van der Waals surface area contributed by atoms with Crippen molar-refractivity contribution < 1.29 is 19.4 Å². The minimum Gasteiger partial charge on any atom is -0.478 e. The van der Waals surface area contributed by atoms with Crippen LogP contribution in [0.1, 0.15) is 47.8 Å². The Morgan fingerprint density at radius 1 is 1.10 bits per heavy atom. The minimum absolute atomic E-state index is 0.257. The Morgan fingerprint density at radius 3 is 2.40 bits per heavy atom. The molecule has 0 aromatic heterocycles. The Hall–Kier alpha value is -2.73. The molecule has 0 unspecified atom stereocenters. The molecule has 7 heteroatoms. The zero-order chi connectivity index (χ0) is 21.9. The van der Waals surface area contributed by atoms with Gasteiger partial charge in [0.05, 0.1) is 16.3 Å². The van der Waals surface area contributed by atoms with Gasteiger partial charge < -0.3 is 20.1 Å². The van der Waals surface area contributed by atoms with Crippen molar-refractivity contribution in [3.05, 3.63) is 63.7 Å². The molecule has 6 nitrogen and oxygen atoms in total. The number of carbonyl (C=O) groups excluding carboxylic acids is 1. The van der Waals surface area contributed by atoms with Crippen LogP contribution in [0.2, 0.25) is 5.02 Å². The predicted octanol–water partition coefficient (Wildman–Crippen LogP) is 4.99. The molecule has 0 spiro atoms. The Balaban J connectivity index is 1.73. The quantitative estimate of drug-likeness (QED) is 0.714. The maximum atomic E-state index is 12.5. The second-order valence-electron chi connectivity index (χ2n) is 8.38. The van der Waals surface area contributed by atoms with Crippen molar-refractivity contribution in [2.24, 2.45) is 0 Å². The van der Waals surface area contributed by atoms with Crippen LogP contribution in [-0.4, -0.2) is 40.8 Å². The first-order valence-corrected chi connectivity index (χ1v) is 10.4. The van der Waals surface area contributed by atoms with Gasteiger partial charge in [0, 0.05) is 19.6 Å². The second-order valence-corrected chi connectivity index (χ2v) is 8.79. The molecule has 0 radical (unpaired) electrons. The minimum atomic E-state index is -0.944. The molecular formula is C23H27ClN2O4. The number of carboxylic acids is 1. The Morgan fingerprint density at radius 2 is 1.77 bits per heavy atom. The summed E-state index contributed by atoms with van der Waals surface area (Å²) in [6.45, 7) is 7.27. The third kappa shape index (κ3) is 5.45. The zero-order valence-corrected chi connectivity index (χ0v) is 18.3. The zero-order valence-electron chi connectivity index (χ0n) is 17.5. The fourth-order valence-corrected chi connectivity index (χ4v) is 3.70. The van der Waals surface area contributed by atoms with E-state index in [1.165, 1.54) is 0 Å². The van der Waals surface area contributed by atoms with E-state index in [9.17, 15) is 9.59 Å². The van der Waals surface area contributed by atoms with Gasteiger partial charge in [-0.05, 0) is 68.5 Å². The summed E-state index contributed by atoms with van der Waals surface area (Å²) in [7, 11) is 0. The Labute approximate surface area is 181 Å². The maximum Gasteiger partial charge on any atom is 0.410 e. The first-order chi connectivity index (χ1) is 14.1. The number of amides is 1. The molecule has 1 heterocycles. The molecule has 0 atom stereocenters. The first-order valence-electron chi connectivity index (χ1n) is 9.98. The predicted molar refractivity (Wildman–Crippen MR) is 117 cm³/mol. The second kappa shape index (κ2) is 8.96. The topological polar surface area (TPSA) is 78.9 Å². The first kappa shape index (κ1) is 22.0. The van der Waals surface area contributed by atoms with Crippen LogP contribution in [0.3, 0.4) is 0 Å². The molecule has 3 rings (SSSR count). The summed E-state index contributed by atoms with van der Waals surface area (Å²) in [6, 6.07) is 10.6. The van der Waals surface area contributed by atoms with Gasteiger partial charge in [0.25, 0.3) is 0 Å². The van der Waals surface area contributed by atoms with Gasteiger partial charge in [-0.15, -0.1) is 0 Å². The van der Waals surface area contributed by atoms with E-state index in [-0.39, 0.29) is 11.7 Å². The summed E-state index contributed by atoms with van der Waals surface area (Å²) in [5, 5.41) is 13.1. The number of hydrogen-bond donors (Lipinski definition) is 2. The molecule has 0 fully saturated rings. The molecule has 30 heavy (non-hydrogen) atoms. The van der Waals surface area contributed by atoms with E-state index in [1.54, 1.807) is 29.2 Å². The van der Waals surface area contributed by atoms with Crippen LogP contribution in [0.25, 0.3) is 0 Å². The van der Waals surface area contributed by atoms with Gasteiger partial charge in [-0.2, -0.15) is 0 Å². The normalized spacial score (nSPS) is 13.9. The van der Waals surface area contributed by atoms with Crippen molar-refractivity contribution in [1.82, 2.24) is 4.90 Å². The highest BCUT2D eigenvalue weighted by molar-refractivity contribution is 6.33. The highest BCUT2D eigenvalue weighted by Crippen LogP contribution is 2.32. The fourth-order valence-electron chi connectivity index (χ4n) is 3.45. The van der Waals surface area contributed by atoms with E-state index in [2.05, 4.69) is 5.32 Å². The van der Waals surface area contributed by atoms with E-state index in [1.807, 2.05) is 32.9 Å². The van der Waals surface area contributed by atoms with Crippen LogP contribution in [0.4, 0.5) is 10.5 Å². The lowest BCUT2D eigenvalue weighted by Crippen LogP contribution is -2.38. The van der Waals surface area contributed by atoms with Crippen LogP contribution < -0.4 is 5.32 Å². The number of carbonyl (C=O) groups is 2. The summed E-state index contributed by atoms with van der Waals surface area (Å²) in [5.74, 6) is -0.944. The molecule has 1 amide bonds. The standard InChI is InChI=1S/C23H27ClN2O4/c1-23(2,3)30-22(29)26-12-10-16-8-9-19(24)20(18(16)11-13-26)25-14-15-4-6-17(7-5-15)21(27)28/h4-9,25H,10-14H2,1-3H3,(H,27,28). The van der Waals surface area contributed by atoms with Gasteiger partial charge >= 0.3 is 12.1 Å². The molecule has 0 saturated heterocycles. The molecule has 2 N–H and O–H groups in total. The SMILES string of the molecule is CC(C)(C)OC(=O)N1CCc2ccc(Cl)c(NCc3ccc(C(=O)O)cc3)c2CC1. The number of nitrogens with one attached hydrogen (secondary N) is 1. The van der Waals surface area contributed by atoms with Crippen molar-refractivity contribution in [3.8, 4) is 0 Å². The number of aromatic carboxylic acids is 1. The number of rotatable bonds is 4. The molecule has 0 aliphatic carbocycles. The van der Waals surface area contributed by atoms with Gasteiger partial charge in [0.1, 0.15) is 5.60 Å². The van der Waals surface area contributed by atoms with Gasteiger partial charge in [0.15, 0.2) is 0 Å². The lowest BCUT2D eigenvalue weighted by Gasteiger charge is -2.26. The Bertz CT molecular complexity index is 935. The average Bonchev–Trinajstić information content (AvgIpc) is 2.89. The highest BCUT2D eigenvalue weighted by atomic mass is 35.5. The van der Waals surface area contributed by atoms with Crippen LogP contribution in [0.5, 0.6) is 0 Å². The summed E-state index contributed by atoms with van der Waals surface area (Å²) < 4.78 is 5.52. The van der Waals surface area contributed by atoms with Gasteiger partial charge in [-0.1, -0.05) is 29.8 Å². The number of fused-ring (bicyclic) bond motifs is 1. The molecule has 1 aliphatic heterocycles. The summed E-state index contributed by atoms with van der Waals surface area (Å²) in [6.07, 6.45) is 1.11. The summed E-state index contributed by atoms with van der Waals surface area (Å²) >= 11 is 6.49. The average molecular weight is 431 g/mol. The van der Waals surface area contributed by atoms with Crippen LogP contribution in [-0.2, 0) is 24.1 Å². The smallest absolute Gasteiger partial charge is 0.410 e. The van der Waals surface area contributed by atoms with E-state index in [4.69, 9.17) is 21.4 Å². The van der Waals surface area contributed by atoms with E-state index in [0.717, 1.165) is 28.8 Å². The molecule has 2 aromatic carbocycles. The molecular weight excluding hydrogens is 404 g/mol. The maximum absolute atomic E-state index is 12.5. The third-order valence-electron chi connectivity index (χ3n) is 4.96. The van der Waals surface area contributed by atoms with Crippen molar-refractivity contribution >= 4 is 29.4 Å². The van der Waals surface area contributed by atoms with Crippen LogP contribution in [0.15, 0.2) is 36.4 Å². The van der Waals surface area contributed by atoms with E-state index >= 15 is 0 Å². The number of carboxylic acid groups (broad SMARTS) is 1. The third-order valence-corrected chi connectivity index (χ3v) is 5.28. The molecule has 160 valence electrons. The van der Waals surface area contributed by atoms with E-state index < -0.39 is 11.6 Å². The lowest BCUT2D eigenvalue weighted by molar-refractivity contribution is 0.0258. The van der Waals surface area contributed by atoms with Crippen molar-refractivity contribution in [3.63, 3.8) is 0 Å². The number of halogens is 1. The molecule has 0 bridgehead atoms. The van der Waals surface area contributed by atoms with Crippen molar-refractivity contribution in [2.45, 2.75) is 45.8 Å². The lowest BCUT2D eigenvalue weighted by atomic mass is 10.0. The molecule has 1 aliphatic rings. The van der Waals surface area contributed by atoms with Crippen LogP contribution in [0, 0.1) is 0 Å². The fraction of sp³-hybridized carbons (Fsp3) is 0.391. The van der Waals surface area contributed by atoms with Crippen LogP contribution >= 0.6 is 11.6 Å². The number of nitrogens with zero attached hydrogens (tertiary/aromatic N) is 1. The van der Waals surface area contributed by atoms with E-state index in [0.29, 0.717) is 31.1 Å². The van der Waals surface area contributed by atoms with Gasteiger partial charge in [0.2, 0.25) is 0 Å². The highest BCUT2D eigenvalue weighted by Gasteiger charge is 2.25. The Kier molecular flexibility index (Phi) is 6.56. The van der Waals surface area contributed by atoms with Crippen molar-refractivity contribution in [2.75, 3.05) is 18.4 Å². The largest absolute Gasteiger partial charge is 0.478 e. The summed E-state index contributed by atoms with van der Waals surface area (Å²) in [4.78, 5) is 25.2.